The summed E-state index contributed by atoms with van der Waals surface area (Å²) in [7, 11) is 0. The van der Waals surface area contributed by atoms with Crippen LogP contribution in [-0.2, 0) is 0 Å². The molecule has 1 aromatic carbocycles. The minimum atomic E-state index is -0.237. The van der Waals surface area contributed by atoms with Crippen LogP contribution in [0.1, 0.15) is 27.5 Å². The van der Waals surface area contributed by atoms with Crippen molar-refractivity contribution in [2.75, 3.05) is 12.3 Å². The van der Waals surface area contributed by atoms with Crippen molar-refractivity contribution in [3.05, 3.63) is 57.2 Å². The highest BCUT2D eigenvalue weighted by molar-refractivity contribution is 7.99. The third kappa shape index (κ3) is 3.88. The lowest BCUT2D eigenvalue weighted by Gasteiger charge is -2.18. The molecule has 0 bridgehead atoms. The van der Waals surface area contributed by atoms with Crippen LogP contribution in [-0.4, -0.2) is 17.2 Å². The summed E-state index contributed by atoms with van der Waals surface area (Å²) >= 11 is 1.58. The van der Waals surface area contributed by atoms with Crippen molar-refractivity contribution in [2.24, 2.45) is 0 Å². The van der Waals surface area contributed by atoms with Crippen molar-refractivity contribution < 1.29 is 4.92 Å². The van der Waals surface area contributed by atoms with Crippen molar-refractivity contribution in [3.63, 3.8) is 0 Å². The molecule has 0 heterocycles. The van der Waals surface area contributed by atoms with Gasteiger partial charge in [0.2, 0.25) is 6.54 Å². The van der Waals surface area contributed by atoms with Gasteiger partial charge in [-0.2, -0.15) is 0 Å². The fourth-order valence-electron chi connectivity index (χ4n) is 2.25. The van der Waals surface area contributed by atoms with Crippen LogP contribution >= 0.6 is 11.8 Å². The van der Waals surface area contributed by atoms with Crippen molar-refractivity contribution in [1.29, 1.82) is 0 Å². The molecule has 0 aliphatic rings. The molecule has 0 N–H and O–H groups in total. The summed E-state index contributed by atoms with van der Waals surface area (Å²) < 4.78 is 0. The van der Waals surface area contributed by atoms with E-state index in [0.29, 0.717) is 0 Å². The van der Waals surface area contributed by atoms with E-state index in [-0.39, 0.29) is 16.7 Å². The predicted molar refractivity (Wildman–Crippen MR) is 77.9 cm³/mol. The Morgan fingerprint density at radius 3 is 2.39 bits per heavy atom. The minimum absolute atomic E-state index is 0.0384. The number of hydrogen-bond acceptors (Lipinski definition) is 3. The molecule has 0 spiro atoms. The summed E-state index contributed by atoms with van der Waals surface area (Å²) in [6.07, 6.45) is 1.79. The molecule has 0 aliphatic carbocycles. The maximum atomic E-state index is 10.8. The third-order valence-corrected chi connectivity index (χ3v) is 4.01. The Kier molecular flexibility index (Phi) is 5.41. The molecule has 0 aliphatic heterocycles. The monoisotopic (exact) mass is 265 g/mol. The van der Waals surface area contributed by atoms with Gasteiger partial charge in [0.1, 0.15) is 0 Å². The molecule has 0 radical (unpaired) electrons. The molecule has 1 atom stereocenters. The van der Waals surface area contributed by atoms with Crippen LogP contribution in [0, 0.1) is 30.9 Å². The fraction of sp³-hybridized carbons (Fsp3) is 0.429. The number of benzene rings is 1. The summed E-state index contributed by atoms with van der Waals surface area (Å²) in [6, 6.07) is 4.17. The highest BCUT2D eigenvalue weighted by Crippen LogP contribution is 2.34. The maximum absolute atomic E-state index is 10.8. The zero-order valence-corrected chi connectivity index (χ0v) is 11.9. The van der Waals surface area contributed by atoms with E-state index >= 15 is 0 Å². The Balaban J connectivity index is 3.10. The molecule has 98 valence electrons. The SMILES string of the molecule is C=CCSC(C[N+](=O)[O-])c1c(C)cc(C)cc1C. The zero-order valence-electron chi connectivity index (χ0n) is 11.1. The Labute approximate surface area is 112 Å². The molecule has 1 rings (SSSR count). The molecule has 1 aromatic rings. The molecule has 3 nitrogen and oxygen atoms in total. The van der Waals surface area contributed by atoms with Crippen LogP contribution in [0.25, 0.3) is 0 Å². The summed E-state index contributed by atoms with van der Waals surface area (Å²) in [5.74, 6) is 0.727. The molecule has 0 aromatic heterocycles. The van der Waals surface area contributed by atoms with Crippen LogP contribution < -0.4 is 0 Å². The van der Waals surface area contributed by atoms with Gasteiger partial charge in [-0.25, -0.2) is 0 Å². The highest BCUT2D eigenvalue weighted by Gasteiger charge is 2.21. The van der Waals surface area contributed by atoms with Crippen LogP contribution in [0.5, 0.6) is 0 Å². The highest BCUT2D eigenvalue weighted by atomic mass is 32.2. The molecule has 0 saturated carbocycles. The van der Waals surface area contributed by atoms with Gasteiger partial charge in [-0.05, 0) is 37.5 Å². The first-order valence-electron chi connectivity index (χ1n) is 5.87. The Bertz CT molecular complexity index is 434. The van der Waals surface area contributed by atoms with Gasteiger partial charge >= 0.3 is 0 Å². The molecule has 0 saturated heterocycles. The van der Waals surface area contributed by atoms with E-state index in [1.165, 1.54) is 5.56 Å². The van der Waals surface area contributed by atoms with Gasteiger partial charge in [0.25, 0.3) is 0 Å². The summed E-state index contributed by atoms with van der Waals surface area (Å²) in [4.78, 5) is 10.6. The second kappa shape index (κ2) is 6.59. The number of aryl methyl sites for hydroxylation is 3. The van der Waals surface area contributed by atoms with Crippen LogP contribution in [0.2, 0.25) is 0 Å². The fourth-order valence-corrected chi connectivity index (χ4v) is 3.38. The van der Waals surface area contributed by atoms with E-state index in [2.05, 4.69) is 18.7 Å². The van der Waals surface area contributed by atoms with E-state index in [0.717, 1.165) is 22.4 Å². The Morgan fingerprint density at radius 1 is 1.39 bits per heavy atom. The second-order valence-corrected chi connectivity index (χ2v) is 5.67. The van der Waals surface area contributed by atoms with Crippen LogP contribution in [0.3, 0.4) is 0 Å². The van der Waals surface area contributed by atoms with Gasteiger partial charge in [0.05, 0.1) is 5.25 Å². The molecule has 4 heteroatoms. The molecule has 0 fully saturated rings. The summed E-state index contributed by atoms with van der Waals surface area (Å²) in [6.45, 7) is 9.73. The summed E-state index contributed by atoms with van der Waals surface area (Å²) in [5, 5.41) is 10.7. The molecular formula is C14H19NO2S. The summed E-state index contributed by atoms with van der Waals surface area (Å²) in [5.41, 5.74) is 4.57. The number of hydrogen-bond donors (Lipinski definition) is 0. The number of nitrogens with zero attached hydrogens (tertiary/aromatic N) is 1. The normalized spacial score (nSPS) is 12.2. The first-order valence-corrected chi connectivity index (χ1v) is 6.92. The van der Waals surface area contributed by atoms with Crippen molar-refractivity contribution >= 4 is 11.8 Å². The largest absolute Gasteiger partial charge is 0.264 e. The Morgan fingerprint density at radius 2 is 1.94 bits per heavy atom. The zero-order chi connectivity index (χ0) is 13.7. The predicted octanol–water partition coefficient (Wildman–Crippen LogP) is 3.85. The molecule has 1 unspecified atom stereocenters. The number of nitro groups is 1. The van der Waals surface area contributed by atoms with E-state index in [1.807, 2.05) is 20.8 Å². The minimum Gasteiger partial charge on any atom is -0.264 e. The van der Waals surface area contributed by atoms with Gasteiger partial charge < -0.3 is 0 Å². The maximum Gasteiger partial charge on any atom is 0.219 e. The second-order valence-electron chi connectivity index (χ2n) is 4.44. The van der Waals surface area contributed by atoms with Crippen molar-refractivity contribution in [1.82, 2.24) is 0 Å². The quantitative estimate of drug-likeness (QED) is 0.446. The van der Waals surface area contributed by atoms with Gasteiger partial charge in [-0.3, -0.25) is 10.1 Å². The van der Waals surface area contributed by atoms with E-state index in [9.17, 15) is 10.1 Å². The average molecular weight is 265 g/mol. The van der Waals surface area contributed by atoms with Crippen molar-refractivity contribution in [2.45, 2.75) is 26.0 Å². The number of thioether (sulfide) groups is 1. The third-order valence-electron chi connectivity index (χ3n) is 2.79. The van der Waals surface area contributed by atoms with Gasteiger partial charge in [-0.15, -0.1) is 18.3 Å². The van der Waals surface area contributed by atoms with Crippen LogP contribution in [0.15, 0.2) is 24.8 Å². The van der Waals surface area contributed by atoms with E-state index < -0.39 is 0 Å². The van der Waals surface area contributed by atoms with E-state index in [1.54, 1.807) is 17.8 Å². The van der Waals surface area contributed by atoms with Gasteiger partial charge in [0.15, 0.2) is 0 Å². The molecule has 0 amide bonds. The lowest BCUT2D eigenvalue weighted by molar-refractivity contribution is -0.479. The number of rotatable bonds is 6. The molecular weight excluding hydrogens is 246 g/mol. The average Bonchev–Trinajstić information content (AvgIpc) is 2.23. The molecule has 18 heavy (non-hydrogen) atoms. The lowest BCUT2D eigenvalue weighted by atomic mass is 9.97. The van der Waals surface area contributed by atoms with Gasteiger partial charge in [-0.1, -0.05) is 23.8 Å². The standard InChI is InChI=1S/C14H19NO2S/c1-5-6-18-13(9-15(16)17)14-11(3)7-10(2)8-12(14)4/h5,7-8,13H,1,6,9H2,2-4H3. The van der Waals surface area contributed by atoms with Crippen molar-refractivity contribution in [3.8, 4) is 0 Å². The first-order chi connectivity index (χ1) is 8.45. The van der Waals surface area contributed by atoms with Gasteiger partial charge in [0, 0.05) is 10.7 Å². The smallest absolute Gasteiger partial charge is 0.219 e. The Hall–Kier alpha value is -1.29. The lowest BCUT2D eigenvalue weighted by Crippen LogP contribution is -2.12. The van der Waals surface area contributed by atoms with Crippen LogP contribution in [0.4, 0.5) is 0 Å². The topological polar surface area (TPSA) is 43.1 Å². The van der Waals surface area contributed by atoms with E-state index in [4.69, 9.17) is 0 Å². The first kappa shape index (κ1) is 14.8.